The summed E-state index contributed by atoms with van der Waals surface area (Å²) in [4.78, 5) is 12.1. The molecular weight excluding hydrogens is 292 g/mol. The van der Waals surface area contributed by atoms with Crippen LogP contribution in [-0.2, 0) is 4.79 Å². The van der Waals surface area contributed by atoms with Crippen LogP contribution in [0, 0.1) is 32.1 Å². The number of nitrogens with one attached hydrogen (secondary N) is 1. The summed E-state index contributed by atoms with van der Waals surface area (Å²) in [7, 11) is 0. The molecule has 0 aliphatic heterocycles. The highest BCUT2D eigenvalue weighted by Crippen LogP contribution is 2.23. The van der Waals surface area contributed by atoms with Crippen LogP contribution in [0.4, 0.5) is 0 Å². The van der Waals surface area contributed by atoms with Crippen LogP contribution in [0.2, 0.25) is 0 Å². The van der Waals surface area contributed by atoms with Gasteiger partial charge in [0.15, 0.2) is 5.82 Å². The summed E-state index contributed by atoms with van der Waals surface area (Å²) in [6.45, 7) is 5.71. The van der Waals surface area contributed by atoms with Crippen molar-refractivity contribution in [2.45, 2.75) is 39.7 Å². The number of amides is 1. The van der Waals surface area contributed by atoms with E-state index in [1.54, 1.807) is 6.08 Å². The molecule has 1 aliphatic carbocycles. The predicted octanol–water partition coefficient (Wildman–Crippen LogP) is 2.58. The molecule has 0 unspecified atom stereocenters. The van der Waals surface area contributed by atoms with Gasteiger partial charge in [0.25, 0.3) is 5.91 Å². The van der Waals surface area contributed by atoms with E-state index in [9.17, 15) is 10.1 Å². The molecule has 1 saturated carbocycles. The summed E-state index contributed by atoms with van der Waals surface area (Å²) in [6.07, 6.45) is 3.61. The van der Waals surface area contributed by atoms with E-state index in [1.165, 1.54) is 0 Å². The van der Waals surface area contributed by atoms with E-state index in [0.29, 0.717) is 5.82 Å². The van der Waals surface area contributed by atoms with Crippen molar-refractivity contribution < 1.29 is 9.32 Å². The van der Waals surface area contributed by atoms with Gasteiger partial charge in [-0.15, -0.1) is 0 Å². The number of hydrogen-bond donors (Lipinski definition) is 1. The number of rotatable bonds is 4. The molecule has 1 N–H and O–H groups in total. The molecule has 2 aromatic rings. The molecule has 3 rings (SSSR count). The molecule has 0 atom stereocenters. The average molecular weight is 310 g/mol. The number of carbonyl (C=O) groups is 1. The second-order valence-corrected chi connectivity index (χ2v) is 5.88. The lowest BCUT2D eigenvalue weighted by Gasteiger charge is -2.04. The van der Waals surface area contributed by atoms with E-state index in [1.807, 2.05) is 43.5 Å². The van der Waals surface area contributed by atoms with Gasteiger partial charge in [-0.3, -0.25) is 9.36 Å². The molecule has 118 valence electrons. The maximum absolute atomic E-state index is 12.1. The summed E-state index contributed by atoms with van der Waals surface area (Å²) in [5, 5.41) is 16.1. The van der Waals surface area contributed by atoms with Crippen molar-refractivity contribution in [3.63, 3.8) is 0 Å². The Hall–Kier alpha value is -2.81. The molecule has 0 aromatic carbocycles. The molecule has 0 radical (unpaired) electrons. The van der Waals surface area contributed by atoms with Crippen LogP contribution >= 0.6 is 0 Å². The van der Waals surface area contributed by atoms with Crippen molar-refractivity contribution in [2.24, 2.45) is 0 Å². The van der Waals surface area contributed by atoms with Crippen LogP contribution in [0.5, 0.6) is 0 Å². The molecule has 1 fully saturated rings. The third-order valence-electron chi connectivity index (χ3n) is 3.89. The van der Waals surface area contributed by atoms with Gasteiger partial charge in [-0.2, -0.15) is 5.26 Å². The zero-order valence-corrected chi connectivity index (χ0v) is 13.4. The van der Waals surface area contributed by atoms with E-state index in [4.69, 9.17) is 4.52 Å². The fourth-order valence-electron chi connectivity index (χ4n) is 2.54. The molecule has 6 heteroatoms. The van der Waals surface area contributed by atoms with Gasteiger partial charge >= 0.3 is 0 Å². The van der Waals surface area contributed by atoms with Gasteiger partial charge in [0.2, 0.25) is 0 Å². The maximum Gasteiger partial charge on any atom is 0.262 e. The van der Waals surface area contributed by atoms with Gasteiger partial charge < -0.3 is 9.84 Å². The maximum atomic E-state index is 12.1. The summed E-state index contributed by atoms with van der Waals surface area (Å²) in [5.41, 5.74) is 2.81. The Kier molecular flexibility index (Phi) is 3.78. The van der Waals surface area contributed by atoms with Gasteiger partial charge in [-0.25, -0.2) is 0 Å². The lowest BCUT2D eigenvalue weighted by Crippen LogP contribution is -2.26. The number of nitrogens with zero attached hydrogens (tertiary/aromatic N) is 3. The average Bonchev–Trinajstić information content (AvgIpc) is 3.15. The molecule has 2 heterocycles. The molecule has 2 aromatic heterocycles. The predicted molar refractivity (Wildman–Crippen MR) is 84.8 cm³/mol. The number of aryl methyl sites for hydroxylation is 2. The third kappa shape index (κ3) is 3.04. The van der Waals surface area contributed by atoms with Gasteiger partial charge in [0.05, 0.1) is 0 Å². The smallest absolute Gasteiger partial charge is 0.262 e. The van der Waals surface area contributed by atoms with E-state index < -0.39 is 0 Å². The van der Waals surface area contributed by atoms with Gasteiger partial charge in [-0.1, -0.05) is 5.16 Å². The third-order valence-corrected chi connectivity index (χ3v) is 3.89. The lowest BCUT2D eigenvalue weighted by molar-refractivity contribution is -0.117. The Labute approximate surface area is 134 Å². The van der Waals surface area contributed by atoms with E-state index in [2.05, 4.69) is 10.5 Å². The molecule has 0 bridgehead atoms. The number of nitriles is 1. The number of aromatic nitrogens is 2. The molecule has 0 spiro atoms. The van der Waals surface area contributed by atoms with Crippen LogP contribution in [0.25, 0.3) is 11.9 Å². The molecule has 23 heavy (non-hydrogen) atoms. The number of hydrogen-bond acceptors (Lipinski definition) is 4. The van der Waals surface area contributed by atoms with Crippen molar-refractivity contribution in [1.29, 1.82) is 5.26 Å². The fourth-order valence-corrected chi connectivity index (χ4v) is 2.54. The molecule has 0 saturated heterocycles. The fraction of sp³-hybridized carbons (Fsp3) is 0.353. The monoisotopic (exact) mass is 310 g/mol. The van der Waals surface area contributed by atoms with Crippen LogP contribution in [0.1, 0.15) is 35.6 Å². The molecular formula is C17H18N4O2. The highest BCUT2D eigenvalue weighted by molar-refractivity contribution is 6.02. The Morgan fingerprint density at radius 2 is 2.17 bits per heavy atom. The Morgan fingerprint density at radius 1 is 1.43 bits per heavy atom. The minimum Gasteiger partial charge on any atom is -0.360 e. The van der Waals surface area contributed by atoms with E-state index >= 15 is 0 Å². The highest BCUT2D eigenvalue weighted by Gasteiger charge is 2.25. The Morgan fingerprint density at radius 3 is 2.74 bits per heavy atom. The van der Waals surface area contributed by atoms with E-state index in [0.717, 1.165) is 35.6 Å². The van der Waals surface area contributed by atoms with Gasteiger partial charge in [0.1, 0.15) is 17.4 Å². The topological polar surface area (TPSA) is 83.9 Å². The summed E-state index contributed by atoms with van der Waals surface area (Å²) in [5.74, 6) is 1.11. The summed E-state index contributed by atoms with van der Waals surface area (Å²) in [6, 6.07) is 5.99. The minimum atomic E-state index is -0.308. The van der Waals surface area contributed by atoms with E-state index in [-0.39, 0.29) is 17.5 Å². The standard InChI is InChI=1S/C17H18N4O2/c1-10-6-13(8-14(9-18)17(22)19-15-4-5-15)12(3)21(10)16-7-11(2)23-20-16/h6-8,15H,4-5H2,1-3H3,(H,19,22)/b14-8+. The first-order valence-electron chi connectivity index (χ1n) is 7.55. The summed E-state index contributed by atoms with van der Waals surface area (Å²) < 4.78 is 7.07. The summed E-state index contributed by atoms with van der Waals surface area (Å²) >= 11 is 0. The van der Waals surface area contributed by atoms with Crippen LogP contribution in [0.3, 0.4) is 0 Å². The highest BCUT2D eigenvalue weighted by atomic mass is 16.5. The zero-order valence-electron chi connectivity index (χ0n) is 13.4. The number of carbonyl (C=O) groups excluding carboxylic acids is 1. The van der Waals surface area contributed by atoms with Crippen molar-refractivity contribution in [3.8, 4) is 11.9 Å². The van der Waals surface area contributed by atoms with Crippen molar-refractivity contribution in [2.75, 3.05) is 0 Å². The van der Waals surface area contributed by atoms with Crippen molar-refractivity contribution in [1.82, 2.24) is 15.0 Å². The second kappa shape index (κ2) is 5.76. The largest absolute Gasteiger partial charge is 0.360 e. The molecule has 1 amide bonds. The SMILES string of the molecule is Cc1cc(-n2c(C)cc(/C=C(\C#N)C(=O)NC3CC3)c2C)no1. The first kappa shape index (κ1) is 15.1. The minimum absolute atomic E-state index is 0.119. The Balaban J connectivity index is 1.95. The Bertz CT molecular complexity index is 831. The van der Waals surface area contributed by atoms with Crippen LogP contribution < -0.4 is 5.32 Å². The zero-order chi connectivity index (χ0) is 16.6. The normalized spacial score (nSPS) is 14.6. The molecule has 1 aliphatic rings. The molecule has 6 nitrogen and oxygen atoms in total. The first-order valence-corrected chi connectivity index (χ1v) is 7.55. The first-order chi connectivity index (χ1) is 11.0. The second-order valence-electron chi connectivity index (χ2n) is 5.88. The lowest BCUT2D eigenvalue weighted by atomic mass is 10.1. The quantitative estimate of drug-likeness (QED) is 0.695. The van der Waals surface area contributed by atoms with Crippen LogP contribution in [0.15, 0.2) is 22.2 Å². The van der Waals surface area contributed by atoms with Crippen molar-refractivity contribution in [3.05, 3.63) is 40.4 Å². The van der Waals surface area contributed by atoms with Crippen molar-refractivity contribution >= 4 is 12.0 Å². The van der Waals surface area contributed by atoms with Gasteiger partial charge in [-0.05, 0) is 51.3 Å². The van der Waals surface area contributed by atoms with Gasteiger partial charge in [0, 0.05) is 23.5 Å². The van der Waals surface area contributed by atoms with Crippen LogP contribution in [-0.4, -0.2) is 21.7 Å².